The van der Waals surface area contributed by atoms with Crippen LogP contribution < -0.4 is 15.3 Å². The van der Waals surface area contributed by atoms with Crippen molar-refractivity contribution >= 4 is 17.3 Å². The smallest absolute Gasteiger partial charge is 0.224 e. The first-order valence-electron chi connectivity index (χ1n) is 8.94. The topological polar surface area (TPSA) is 134 Å². The summed E-state index contributed by atoms with van der Waals surface area (Å²) in [5.41, 5.74) is 2.74. The highest BCUT2D eigenvalue weighted by atomic mass is 16.8. The van der Waals surface area contributed by atoms with Crippen molar-refractivity contribution in [2.75, 3.05) is 17.7 Å². The molecule has 0 unspecified atom stereocenters. The second-order valence-electron chi connectivity index (χ2n) is 6.35. The normalized spacial score (nSPS) is 10.6. The molecule has 0 aliphatic carbocycles. The van der Waals surface area contributed by atoms with Gasteiger partial charge in [-0.3, -0.25) is 15.1 Å². The van der Waals surface area contributed by atoms with Gasteiger partial charge in [-0.1, -0.05) is 12.1 Å². The Morgan fingerprint density at radius 2 is 2.10 bits per heavy atom. The fraction of sp³-hybridized carbons (Fsp3) is 0.200. The van der Waals surface area contributed by atoms with Gasteiger partial charge in [0.15, 0.2) is 11.5 Å². The molecule has 0 saturated carbocycles. The maximum Gasteiger partial charge on any atom is 0.224 e. The zero-order valence-corrected chi connectivity index (χ0v) is 15.8. The molecular formula is C20H21N4O5-. The first-order valence-corrected chi connectivity index (χ1v) is 8.94. The number of phenols is 1. The number of aromatic nitrogens is 2. The number of methoxy groups -OCH3 is 1. The van der Waals surface area contributed by atoms with Gasteiger partial charge in [-0.2, -0.15) is 5.10 Å². The lowest BCUT2D eigenvalue weighted by molar-refractivity contribution is -0.116. The lowest BCUT2D eigenvalue weighted by Gasteiger charge is -2.24. The Balaban J connectivity index is 1.61. The average Bonchev–Trinajstić information content (AvgIpc) is 3.17. The van der Waals surface area contributed by atoms with E-state index in [-0.39, 0.29) is 34.7 Å². The Hall–Kier alpha value is -3.56. The Bertz CT molecular complexity index is 987. The third-order valence-corrected chi connectivity index (χ3v) is 4.42. The van der Waals surface area contributed by atoms with E-state index in [2.05, 4.69) is 15.5 Å². The number of ether oxygens (including phenoxy) is 1. The van der Waals surface area contributed by atoms with E-state index in [9.17, 15) is 15.1 Å². The molecule has 0 bridgehead atoms. The molecule has 29 heavy (non-hydrogen) atoms. The number of carbonyl (C=O) groups is 1. The molecule has 2 aromatic carbocycles. The van der Waals surface area contributed by atoms with Crippen molar-refractivity contribution in [1.82, 2.24) is 10.2 Å². The van der Waals surface area contributed by atoms with Crippen molar-refractivity contribution in [2.45, 2.75) is 19.3 Å². The summed E-state index contributed by atoms with van der Waals surface area (Å²) in [7, 11) is 1.48. The van der Waals surface area contributed by atoms with Crippen molar-refractivity contribution in [3.8, 4) is 22.8 Å². The second-order valence-corrected chi connectivity index (χ2v) is 6.35. The molecule has 0 saturated heterocycles. The molecule has 9 nitrogen and oxygen atoms in total. The Labute approximate surface area is 167 Å². The molecule has 1 amide bonds. The fourth-order valence-corrected chi connectivity index (χ4v) is 2.98. The number of benzene rings is 2. The van der Waals surface area contributed by atoms with Gasteiger partial charge in [-0.15, -0.1) is 0 Å². The van der Waals surface area contributed by atoms with E-state index < -0.39 is 0 Å². The highest BCUT2D eigenvalue weighted by Crippen LogP contribution is 2.32. The van der Waals surface area contributed by atoms with Gasteiger partial charge in [-0.25, -0.2) is 0 Å². The largest absolute Gasteiger partial charge is 0.733 e. The fourth-order valence-electron chi connectivity index (χ4n) is 2.98. The summed E-state index contributed by atoms with van der Waals surface area (Å²) < 4.78 is 5.14. The number of para-hydroxylation sites is 2. The third-order valence-electron chi connectivity index (χ3n) is 4.42. The van der Waals surface area contributed by atoms with Gasteiger partial charge in [0.25, 0.3) is 0 Å². The predicted octanol–water partition coefficient (Wildman–Crippen LogP) is 3.45. The van der Waals surface area contributed by atoms with Gasteiger partial charge in [-0.05, 0) is 48.7 Å². The summed E-state index contributed by atoms with van der Waals surface area (Å²) in [5.74, 6) is 0.141. The molecule has 9 heteroatoms. The highest BCUT2D eigenvalue weighted by Gasteiger charge is 2.12. The van der Waals surface area contributed by atoms with Crippen molar-refractivity contribution in [3.05, 3.63) is 59.4 Å². The third kappa shape index (κ3) is 4.84. The average molecular weight is 397 g/mol. The molecule has 0 spiro atoms. The molecule has 0 radical (unpaired) electrons. The number of amides is 1. The number of nitrogens with zero attached hydrogens (tertiary/aromatic N) is 2. The Morgan fingerprint density at radius 1 is 1.31 bits per heavy atom. The number of H-pyrrole nitrogens is 1. The number of rotatable bonds is 8. The number of phenolic OH excluding ortho intramolecular Hbond substituents is 1. The zero-order valence-electron chi connectivity index (χ0n) is 15.8. The quantitative estimate of drug-likeness (QED) is 0.428. The summed E-state index contributed by atoms with van der Waals surface area (Å²) in [6.07, 6.45) is 3.07. The minimum atomic E-state index is -0.278. The van der Waals surface area contributed by atoms with Crippen LogP contribution in [0.4, 0.5) is 11.4 Å². The van der Waals surface area contributed by atoms with Crippen LogP contribution in [-0.2, 0) is 11.2 Å². The zero-order chi connectivity index (χ0) is 20.8. The number of anilines is 2. The number of carbonyl (C=O) groups excluding carboxylic acids is 1. The van der Waals surface area contributed by atoms with Crippen LogP contribution in [0.3, 0.4) is 0 Å². The van der Waals surface area contributed by atoms with Crippen LogP contribution in [0.2, 0.25) is 0 Å². The summed E-state index contributed by atoms with van der Waals surface area (Å²) in [6, 6.07) is 11.2. The van der Waals surface area contributed by atoms with Gasteiger partial charge in [0.1, 0.15) is 0 Å². The van der Waals surface area contributed by atoms with Crippen molar-refractivity contribution in [2.24, 2.45) is 0 Å². The maximum absolute atomic E-state index is 12.2. The molecule has 152 valence electrons. The molecule has 0 aliphatic rings. The highest BCUT2D eigenvalue weighted by molar-refractivity contribution is 5.94. The first-order chi connectivity index (χ1) is 14.0. The number of aryl methyl sites for hydroxylation is 1. The molecule has 4 N–H and O–H groups in total. The second kappa shape index (κ2) is 9.09. The van der Waals surface area contributed by atoms with Gasteiger partial charge >= 0.3 is 0 Å². The number of aromatic hydroxyl groups is 1. The number of hydrogen-bond acceptors (Lipinski definition) is 7. The van der Waals surface area contributed by atoms with Gasteiger partial charge in [0.2, 0.25) is 5.91 Å². The molecule has 0 atom stereocenters. The van der Waals surface area contributed by atoms with Crippen molar-refractivity contribution < 1.29 is 19.8 Å². The number of nitrogens with one attached hydrogen (secondary N) is 2. The number of hydrogen-bond donors (Lipinski definition) is 4. The number of aromatic amines is 1. The van der Waals surface area contributed by atoms with Crippen LogP contribution in [-0.4, -0.2) is 33.5 Å². The summed E-state index contributed by atoms with van der Waals surface area (Å²) >= 11 is 0. The summed E-state index contributed by atoms with van der Waals surface area (Å²) in [6.45, 7) is 0. The van der Waals surface area contributed by atoms with Crippen molar-refractivity contribution in [1.29, 1.82) is 0 Å². The standard InChI is InChI=1S/C20H21N4O5/c1-29-18-11-13(9-10-17(18)25)20-14(12-21-23-20)5-4-8-19(26)22-15-6-2-3-7-16(15)24(27)28/h2-3,6-7,9-12,25,27H,4-5,8H2,1H3,(H,21,23)(H,22,26)/q-1. The van der Waals surface area contributed by atoms with Gasteiger partial charge in [0.05, 0.1) is 30.4 Å². The van der Waals surface area contributed by atoms with E-state index in [0.717, 1.165) is 16.8 Å². The molecule has 0 fully saturated rings. The predicted molar refractivity (Wildman–Crippen MR) is 108 cm³/mol. The van der Waals surface area contributed by atoms with Crippen molar-refractivity contribution in [3.63, 3.8) is 0 Å². The van der Waals surface area contributed by atoms with Crippen LogP contribution in [0, 0.1) is 5.21 Å². The minimum Gasteiger partial charge on any atom is -0.733 e. The van der Waals surface area contributed by atoms with Crippen LogP contribution in [0.25, 0.3) is 11.3 Å². The van der Waals surface area contributed by atoms with Crippen LogP contribution in [0.1, 0.15) is 18.4 Å². The van der Waals surface area contributed by atoms with E-state index in [1.54, 1.807) is 42.6 Å². The maximum atomic E-state index is 12.2. The van der Waals surface area contributed by atoms with E-state index in [1.165, 1.54) is 13.2 Å². The summed E-state index contributed by atoms with van der Waals surface area (Å²) in [5, 5.41) is 39.4. The first kappa shape index (κ1) is 20.2. The van der Waals surface area contributed by atoms with E-state index in [1.807, 2.05) is 0 Å². The molecule has 1 aromatic heterocycles. The van der Waals surface area contributed by atoms with Crippen LogP contribution >= 0.6 is 0 Å². The van der Waals surface area contributed by atoms with Gasteiger partial charge < -0.3 is 25.6 Å². The van der Waals surface area contributed by atoms with E-state index in [4.69, 9.17) is 9.94 Å². The lowest BCUT2D eigenvalue weighted by atomic mass is 10.0. The van der Waals surface area contributed by atoms with Crippen LogP contribution in [0.15, 0.2) is 48.7 Å². The molecule has 3 aromatic rings. The minimum absolute atomic E-state index is 0.0285. The lowest BCUT2D eigenvalue weighted by Crippen LogP contribution is -2.15. The van der Waals surface area contributed by atoms with E-state index >= 15 is 0 Å². The van der Waals surface area contributed by atoms with E-state index in [0.29, 0.717) is 18.6 Å². The summed E-state index contributed by atoms with van der Waals surface area (Å²) in [4.78, 5) is 12.2. The molecule has 1 heterocycles. The Kier molecular flexibility index (Phi) is 6.32. The Morgan fingerprint density at radius 3 is 2.86 bits per heavy atom. The van der Waals surface area contributed by atoms with Crippen LogP contribution in [0.5, 0.6) is 11.5 Å². The SMILES string of the molecule is COc1cc(-c2[nH]ncc2CCCC(=O)Nc2ccccc2N([O-])O)ccc1O. The molecular weight excluding hydrogens is 376 g/mol. The monoisotopic (exact) mass is 397 g/mol. The molecule has 0 aliphatic heterocycles. The molecule has 3 rings (SSSR count). The van der Waals surface area contributed by atoms with Gasteiger partial charge in [0, 0.05) is 12.0 Å².